The van der Waals surface area contributed by atoms with Crippen molar-refractivity contribution in [2.24, 2.45) is 0 Å². The highest BCUT2D eigenvalue weighted by Gasteiger charge is 2.32. The number of carbonyl (C=O) groups excluding carboxylic acids is 6. The van der Waals surface area contributed by atoms with Gasteiger partial charge in [0.25, 0.3) is 0 Å². The average molecular weight is 854 g/mol. The van der Waals surface area contributed by atoms with Gasteiger partial charge in [0.05, 0.1) is 30.9 Å². The van der Waals surface area contributed by atoms with Crippen molar-refractivity contribution in [3.8, 4) is 0 Å². The summed E-state index contributed by atoms with van der Waals surface area (Å²) in [5.41, 5.74) is -0.0800. The van der Waals surface area contributed by atoms with Crippen LogP contribution in [-0.4, -0.2) is 91.3 Å². The number of nitrogens with zero attached hydrogens (tertiary/aromatic N) is 1. The van der Waals surface area contributed by atoms with Crippen LogP contribution in [0.15, 0.2) is 78.2 Å². The fourth-order valence-corrected chi connectivity index (χ4v) is 5.57. The molecular formula is C43H59N5O11S. The number of aromatic nitrogens is 1. The van der Waals surface area contributed by atoms with Crippen molar-refractivity contribution in [1.82, 2.24) is 26.3 Å². The monoisotopic (exact) mass is 853 g/mol. The summed E-state index contributed by atoms with van der Waals surface area (Å²) < 4.78 is 39.5. The van der Waals surface area contributed by atoms with E-state index in [0.29, 0.717) is 16.8 Å². The zero-order valence-corrected chi connectivity index (χ0v) is 36.6. The Balaban J connectivity index is 0.00000401. The number of esters is 2. The Morgan fingerprint density at radius 2 is 1.32 bits per heavy atom. The summed E-state index contributed by atoms with van der Waals surface area (Å²) >= 11 is 0. The molecule has 0 saturated carbocycles. The molecule has 0 saturated heterocycles. The first-order chi connectivity index (χ1) is 28.0. The molecule has 0 aliphatic rings. The van der Waals surface area contributed by atoms with Crippen LogP contribution in [0.4, 0.5) is 4.79 Å². The molecule has 0 aliphatic heterocycles. The number of rotatable bonds is 17. The van der Waals surface area contributed by atoms with E-state index in [1.165, 1.54) is 6.42 Å². The Kier molecular flexibility index (Phi) is 19.8. The van der Waals surface area contributed by atoms with Gasteiger partial charge in [-0.2, -0.15) is 0 Å². The van der Waals surface area contributed by atoms with Crippen molar-refractivity contribution in [2.45, 2.75) is 117 Å². The Hall–Kier alpha value is -5.84. The predicted molar refractivity (Wildman–Crippen MR) is 227 cm³/mol. The third kappa shape index (κ3) is 21.2. The van der Waals surface area contributed by atoms with Crippen LogP contribution in [-0.2, 0) is 61.0 Å². The zero-order valence-electron chi connectivity index (χ0n) is 35.8. The maximum absolute atomic E-state index is 13.8. The summed E-state index contributed by atoms with van der Waals surface area (Å²) in [7, 11) is -3.63. The number of pyridine rings is 1. The number of para-hydroxylation sites is 1. The molecule has 60 heavy (non-hydrogen) atoms. The number of benzene rings is 2. The fourth-order valence-electron chi connectivity index (χ4n) is 5.09. The average Bonchev–Trinajstić information content (AvgIpc) is 3.13. The Labute approximate surface area is 352 Å². The van der Waals surface area contributed by atoms with E-state index in [2.05, 4.69) is 40.1 Å². The Bertz CT molecular complexity index is 2060. The maximum Gasteiger partial charge on any atom is 0.408 e. The lowest BCUT2D eigenvalue weighted by Crippen LogP contribution is -2.56. The molecule has 4 N–H and O–H groups in total. The number of nitrogens with one attached hydrogen (secondary N) is 4. The number of sulfone groups is 1. The lowest BCUT2D eigenvalue weighted by atomic mass is 10.1. The van der Waals surface area contributed by atoms with E-state index in [0.717, 1.165) is 23.1 Å². The van der Waals surface area contributed by atoms with Gasteiger partial charge >= 0.3 is 18.0 Å². The number of ether oxygens (including phenoxy) is 3. The second-order valence-electron chi connectivity index (χ2n) is 15.9. The highest BCUT2D eigenvalue weighted by Crippen LogP contribution is 2.15. The molecule has 0 spiro atoms. The minimum atomic E-state index is -3.63. The van der Waals surface area contributed by atoms with Crippen molar-refractivity contribution < 1.29 is 51.4 Å². The number of amides is 4. The van der Waals surface area contributed by atoms with Gasteiger partial charge < -0.3 is 35.5 Å². The van der Waals surface area contributed by atoms with Crippen LogP contribution in [0, 0.1) is 0 Å². The molecule has 3 aromatic rings. The molecule has 3 rings (SSSR count). The summed E-state index contributed by atoms with van der Waals surface area (Å²) in [6.07, 6.45) is 1.10. The van der Waals surface area contributed by atoms with Gasteiger partial charge in [0.15, 0.2) is 9.84 Å². The smallest absolute Gasteiger partial charge is 0.408 e. The third-order valence-electron chi connectivity index (χ3n) is 7.45. The van der Waals surface area contributed by atoms with Gasteiger partial charge in [-0.25, -0.2) is 13.2 Å². The van der Waals surface area contributed by atoms with E-state index in [4.69, 9.17) is 14.2 Å². The lowest BCUT2D eigenvalue weighted by molar-refractivity contribution is -0.157. The molecule has 0 radical (unpaired) electrons. The minimum absolute atomic E-state index is 0.128. The maximum atomic E-state index is 13.8. The zero-order chi connectivity index (χ0) is 45.1. The summed E-state index contributed by atoms with van der Waals surface area (Å²) in [5, 5.41) is 11.6. The number of fused-ring (bicyclic) bond motifs is 1. The minimum Gasteiger partial charge on any atom is -0.460 e. The number of alkyl carbamates (subject to hydrolysis) is 1. The van der Waals surface area contributed by atoms with Crippen LogP contribution in [0.2, 0.25) is 0 Å². The van der Waals surface area contributed by atoms with Crippen LogP contribution in [0.1, 0.15) is 85.9 Å². The van der Waals surface area contributed by atoms with Crippen molar-refractivity contribution in [2.75, 3.05) is 12.8 Å². The van der Waals surface area contributed by atoms with Gasteiger partial charge in [-0.3, -0.25) is 29.0 Å². The normalized spacial score (nSPS) is 13.1. The molecular weight excluding hydrogens is 795 g/mol. The topological polar surface area (TPSA) is 225 Å². The second-order valence-corrected chi connectivity index (χ2v) is 17.8. The molecule has 2 aromatic carbocycles. The van der Waals surface area contributed by atoms with Crippen LogP contribution in [0.5, 0.6) is 0 Å². The van der Waals surface area contributed by atoms with Crippen LogP contribution < -0.4 is 21.3 Å². The number of hydrogen-bond acceptors (Lipinski definition) is 12. The van der Waals surface area contributed by atoms with Gasteiger partial charge in [-0.15, -0.1) is 0 Å². The van der Waals surface area contributed by atoms with E-state index in [9.17, 15) is 37.2 Å². The van der Waals surface area contributed by atoms with Gasteiger partial charge in [0, 0.05) is 29.2 Å². The number of carbonyl (C=O) groups is 6. The molecule has 16 nitrogen and oxygen atoms in total. The van der Waals surface area contributed by atoms with Gasteiger partial charge in [-0.1, -0.05) is 80.9 Å². The standard InChI is InChI=1S/C40H51N5O11S.C3H8/c1-39(2,3)55-34(47)22-29(19-20-57(7,52)53)43-33(46)24-41-36(49)31(21-28-18-17-27-15-11-12-16-30(27)42-28)44-37(50)32(23-35(48)56-40(4,5)6)45-38(51)54-25-26-13-9-8-10-14-26;1-3-2/h8-20,29,31-32H,21-25H2,1-7H3,(H,41,49)(H,43,46)(H,44,50)(H,45,51);3H2,1-2H3/b20-19+;/t29?,31?,32-;/m0./s1. The fraction of sp³-hybridized carbons (Fsp3) is 0.465. The highest BCUT2D eigenvalue weighted by molar-refractivity contribution is 7.93. The first-order valence-electron chi connectivity index (χ1n) is 19.5. The molecule has 0 fully saturated rings. The van der Waals surface area contributed by atoms with E-state index in [1.807, 2.05) is 12.1 Å². The molecule has 328 valence electrons. The predicted octanol–water partition coefficient (Wildman–Crippen LogP) is 4.60. The van der Waals surface area contributed by atoms with Crippen molar-refractivity contribution in [3.63, 3.8) is 0 Å². The molecule has 0 bridgehead atoms. The lowest BCUT2D eigenvalue weighted by Gasteiger charge is -2.25. The third-order valence-corrected chi connectivity index (χ3v) is 8.10. The second kappa shape index (κ2) is 23.7. The largest absolute Gasteiger partial charge is 0.460 e. The summed E-state index contributed by atoms with van der Waals surface area (Å²) in [4.78, 5) is 83.5. The van der Waals surface area contributed by atoms with Crippen LogP contribution in [0.25, 0.3) is 10.9 Å². The van der Waals surface area contributed by atoms with E-state index in [-0.39, 0.29) is 13.0 Å². The molecule has 0 aliphatic carbocycles. The molecule has 17 heteroatoms. The van der Waals surface area contributed by atoms with E-state index >= 15 is 0 Å². The first kappa shape index (κ1) is 50.3. The molecule has 4 amide bonds. The van der Waals surface area contributed by atoms with E-state index < -0.39 is 94.3 Å². The quantitative estimate of drug-likeness (QED) is 0.108. The van der Waals surface area contributed by atoms with Crippen LogP contribution >= 0.6 is 0 Å². The van der Waals surface area contributed by atoms with Crippen LogP contribution in [0.3, 0.4) is 0 Å². The van der Waals surface area contributed by atoms with Crippen molar-refractivity contribution >= 4 is 56.5 Å². The SMILES string of the molecule is CC(C)(C)OC(=O)CC(/C=C/S(C)(=O)=O)NC(=O)CNC(=O)C(Cc1ccc2ccccc2n1)NC(=O)[C@H](CC(=O)OC(C)(C)C)NC(=O)OCc1ccccc1.CCC. The van der Waals surface area contributed by atoms with Gasteiger partial charge in [0.2, 0.25) is 17.7 Å². The Morgan fingerprint density at radius 3 is 1.92 bits per heavy atom. The molecule has 1 heterocycles. The van der Waals surface area contributed by atoms with Gasteiger partial charge in [-0.05, 0) is 59.2 Å². The van der Waals surface area contributed by atoms with E-state index in [1.54, 1.807) is 96.1 Å². The summed E-state index contributed by atoms with van der Waals surface area (Å²) in [6.45, 7) is 13.3. The first-order valence-corrected chi connectivity index (χ1v) is 21.4. The van der Waals surface area contributed by atoms with Crippen molar-refractivity contribution in [3.05, 3.63) is 89.5 Å². The summed E-state index contributed by atoms with van der Waals surface area (Å²) in [6, 6.07) is 15.4. The van der Waals surface area contributed by atoms with Gasteiger partial charge in [0.1, 0.15) is 29.9 Å². The Morgan fingerprint density at radius 1 is 0.733 bits per heavy atom. The highest BCUT2D eigenvalue weighted by atomic mass is 32.2. The molecule has 3 atom stereocenters. The molecule has 1 aromatic heterocycles. The summed E-state index contributed by atoms with van der Waals surface area (Å²) in [5.74, 6) is -4.10. The molecule has 2 unspecified atom stereocenters. The number of hydrogen-bond donors (Lipinski definition) is 4. The van der Waals surface area contributed by atoms with Crippen molar-refractivity contribution in [1.29, 1.82) is 0 Å².